The quantitative estimate of drug-likeness (QED) is 0.500. The van der Waals surface area contributed by atoms with Gasteiger partial charge in [0.1, 0.15) is 10.6 Å². The van der Waals surface area contributed by atoms with Gasteiger partial charge in [0.2, 0.25) is 10.0 Å². The van der Waals surface area contributed by atoms with Crippen molar-refractivity contribution in [3.63, 3.8) is 0 Å². The van der Waals surface area contributed by atoms with E-state index in [4.69, 9.17) is 19.9 Å². The highest BCUT2D eigenvalue weighted by molar-refractivity contribution is 7.89. The van der Waals surface area contributed by atoms with Crippen LogP contribution in [-0.4, -0.2) is 49.0 Å². The van der Waals surface area contributed by atoms with Crippen molar-refractivity contribution in [2.45, 2.75) is 4.90 Å². The largest absolute Gasteiger partial charge is 0.495 e. The number of nitrogens with two attached hydrogens (primary N) is 1. The van der Waals surface area contributed by atoms with Crippen molar-refractivity contribution in [3.8, 4) is 5.75 Å². The lowest BCUT2D eigenvalue weighted by Gasteiger charge is -2.11. The summed E-state index contributed by atoms with van der Waals surface area (Å²) in [7, 11) is -0.716. The van der Waals surface area contributed by atoms with Gasteiger partial charge in [0, 0.05) is 19.3 Å². The molecule has 1 aromatic rings. The number of anilines is 1. The van der Waals surface area contributed by atoms with Crippen molar-refractivity contribution in [2.75, 3.05) is 46.3 Å². The second-order valence-electron chi connectivity index (χ2n) is 3.91. The third-order valence-corrected chi connectivity index (χ3v) is 3.93. The van der Waals surface area contributed by atoms with Gasteiger partial charge in [-0.05, 0) is 18.2 Å². The second kappa shape index (κ2) is 8.05. The molecule has 0 saturated carbocycles. The Morgan fingerprint density at radius 1 is 1.20 bits per heavy atom. The molecule has 0 spiro atoms. The number of hydrogen-bond acceptors (Lipinski definition) is 6. The van der Waals surface area contributed by atoms with Gasteiger partial charge in [-0.25, -0.2) is 13.1 Å². The zero-order chi connectivity index (χ0) is 15.0. The van der Waals surface area contributed by atoms with E-state index in [0.717, 1.165) is 0 Å². The van der Waals surface area contributed by atoms with Crippen LogP contribution in [0.2, 0.25) is 0 Å². The molecule has 1 aromatic carbocycles. The third-order valence-electron chi connectivity index (χ3n) is 2.45. The second-order valence-corrected chi connectivity index (χ2v) is 5.65. The van der Waals surface area contributed by atoms with Crippen molar-refractivity contribution in [1.82, 2.24) is 4.72 Å². The zero-order valence-corrected chi connectivity index (χ0v) is 12.4. The van der Waals surface area contributed by atoms with Gasteiger partial charge in [0.25, 0.3) is 0 Å². The first kappa shape index (κ1) is 16.7. The molecular formula is C12H20N2O5S. The summed E-state index contributed by atoms with van der Waals surface area (Å²) < 4.78 is 41.7. The van der Waals surface area contributed by atoms with Gasteiger partial charge >= 0.3 is 0 Å². The summed E-state index contributed by atoms with van der Waals surface area (Å²) in [5.74, 6) is 0.243. The van der Waals surface area contributed by atoms with Crippen LogP contribution >= 0.6 is 0 Å². The molecule has 3 N–H and O–H groups in total. The average Bonchev–Trinajstić information content (AvgIpc) is 2.42. The summed E-state index contributed by atoms with van der Waals surface area (Å²) in [6.45, 7) is 1.30. The minimum atomic E-state index is -3.68. The van der Waals surface area contributed by atoms with Gasteiger partial charge < -0.3 is 19.9 Å². The van der Waals surface area contributed by atoms with Crippen LogP contribution in [0.4, 0.5) is 5.69 Å². The van der Waals surface area contributed by atoms with Crippen molar-refractivity contribution in [2.24, 2.45) is 0 Å². The highest BCUT2D eigenvalue weighted by atomic mass is 32.2. The smallest absolute Gasteiger partial charge is 0.244 e. The van der Waals surface area contributed by atoms with E-state index in [-0.39, 0.29) is 23.8 Å². The molecule has 1 rings (SSSR count). The van der Waals surface area contributed by atoms with Crippen LogP contribution in [0.1, 0.15) is 0 Å². The maximum Gasteiger partial charge on any atom is 0.244 e. The highest BCUT2D eigenvalue weighted by Crippen LogP contribution is 2.25. The summed E-state index contributed by atoms with van der Waals surface area (Å²) in [4.78, 5) is 0.0110. The van der Waals surface area contributed by atoms with Crippen LogP contribution in [0, 0.1) is 0 Å². The van der Waals surface area contributed by atoms with Crippen molar-refractivity contribution < 1.29 is 22.6 Å². The zero-order valence-electron chi connectivity index (χ0n) is 11.6. The molecule has 0 bridgehead atoms. The molecule has 8 heteroatoms. The van der Waals surface area contributed by atoms with Gasteiger partial charge in [-0.3, -0.25) is 0 Å². The van der Waals surface area contributed by atoms with Gasteiger partial charge in [-0.15, -0.1) is 0 Å². The number of methoxy groups -OCH3 is 2. The molecule has 0 unspecified atom stereocenters. The van der Waals surface area contributed by atoms with Gasteiger partial charge in [0.05, 0.1) is 26.9 Å². The van der Waals surface area contributed by atoms with Crippen molar-refractivity contribution in [3.05, 3.63) is 18.2 Å². The molecule has 0 aromatic heterocycles. The molecule has 0 aliphatic rings. The lowest BCUT2D eigenvalue weighted by Crippen LogP contribution is -2.28. The van der Waals surface area contributed by atoms with Crippen LogP contribution in [-0.2, 0) is 19.5 Å². The molecule has 0 aliphatic heterocycles. The topological polar surface area (TPSA) is 99.9 Å². The molecule has 7 nitrogen and oxygen atoms in total. The number of benzene rings is 1. The molecule has 0 atom stereocenters. The van der Waals surface area contributed by atoms with Crippen LogP contribution in [0.25, 0.3) is 0 Å². The lowest BCUT2D eigenvalue weighted by molar-refractivity contribution is 0.0736. The number of sulfonamides is 1. The monoisotopic (exact) mass is 304 g/mol. The van der Waals surface area contributed by atoms with Gasteiger partial charge in [-0.1, -0.05) is 0 Å². The lowest BCUT2D eigenvalue weighted by atomic mass is 10.3. The molecule has 0 radical (unpaired) electrons. The van der Waals surface area contributed by atoms with E-state index in [1.165, 1.54) is 19.2 Å². The van der Waals surface area contributed by atoms with Gasteiger partial charge in [-0.2, -0.15) is 0 Å². The van der Waals surface area contributed by atoms with E-state index in [9.17, 15) is 8.42 Å². The summed E-state index contributed by atoms with van der Waals surface area (Å²) in [5.41, 5.74) is 5.95. The Labute approximate surface area is 119 Å². The molecule has 0 amide bonds. The highest BCUT2D eigenvalue weighted by Gasteiger charge is 2.19. The van der Waals surface area contributed by atoms with E-state index in [2.05, 4.69) is 4.72 Å². The predicted molar refractivity (Wildman–Crippen MR) is 75.3 cm³/mol. The number of hydrogen-bond donors (Lipinski definition) is 2. The molecule has 0 saturated heterocycles. The molecule has 114 valence electrons. The Balaban J connectivity index is 2.62. The van der Waals surface area contributed by atoms with Crippen LogP contribution in [0.15, 0.2) is 23.1 Å². The number of ether oxygens (including phenoxy) is 3. The molecule has 20 heavy (non-hydrogen) atoms. The molecule has 0 fully saturated rings. The minimum absolute atomic E-state index is 0.0110. The Kier molecular flexibility index (Phi) is 6.73. The number of nitrogen functional groups attached to an aromatic ring is 1. The first-order chi connectivity index (χ1) is 9.51. The fourth-order valence-electron chi connectivity index (χ4n) is 1.47. The van der Waals surface area contributed by atoms with Crippen molar-refractivity contribution >= 4 is 15.7 Å². The molecule has 0 aliphatic carbocycles. The van der Waals surface area contributed by atoms with E-state index < -0.39 is 10.0 Å². The van der Waals surface area contributed by atoms with E-state index in [1.807, 2.05) is 0 Å². The molecule has 0 heterocycles. The van der Waals surface area contributed by atoms with Gasteiger partial charge in [0.15, 0.2) is 0 Å². The first-order valence-electron chi connectivity index (χ1n) is 6.01. The van der Waals surface area contributed by atoms with Crippen LogP contribution in [0.3, 0.4) is 0 Å². The SMILES string of the molecule is COCCOCCNS(=O)(=O)c1cc(N)ccc1OC. The average molecular weight is 304 g/mol. The normalized spacial score (nSPS) is 11.5. The van der Waals surface area contributed by atoms with E-state index in [1.54, 1.807) is 13.2 Å². The summed E-state index contributed by atoms with van der Waals surface area (Å²) in [5, 5.41) is 0. The fraction of sp³-hybridized carbons (Fsp3) is 0.500. The maximum atomic E-state index is 12.1. The number of rotatable bonds is 9. The summed E-state index contributed by atoms with van der Waals surface area (Å²) in [6, 6.07) is 4.44. The Hall–Kier alpha value is -1.35. The summed E-state index contributed by atoms with van der Waals surface area (Å²) >= 11 is 0. The third kappa shape index (κ3) is 4.97. The van der Waals surface area contributed by atoms with Crippen molar-refractivity contribution in [1.29, 1.82) is 0 Å². The standard InChI is InChI=1S/C12H20N2O5S/c1-17-7-8-19-6-5-14-20(15,16)12-9-10(13)3-4-11(12)18-2/h3-4,9,14H,5-8,13H2,1-2H3. The van der Waals surface area contributed by atoms with E-state index >= 15 is 0 Å². The van der Waals surface area contributed by atoms with E-state index in [0.29, 0.717) is 18.9 Å². The predicted octanol–water partition coefficient (Wildman–Crippen LogP) is 0.219. The maximum absolute atomic E-state index is 12.1. The Morgan fingerprint density at radius 2 is 1.95 bits per heavy atom. The fourth-order valence-corrected chi connectivity index (χ4v) is 2.69. The first-order valence-corrected chi connectivity index (χ1v) is 7.49. The Morgan fingerprint density at radius 3 is 2.60 bits per heavy atom. The minimum Gasteiger partial charge on any atom is -0.495 e. The summed E-state index contributed by atoms with van der Waals surface area (Å²) in [6.07, 6.45) is 0. The number of nitrogens with one attached hydrogen (secondary N) is 1. The Bertz CT molecular complexity index is 519. The van der Waals surface area contributed by atoms with Crippen LogP contribution < -0.4 is 15.2 Å². The van der Waals surface area contributed by atoms with Crippen LogP contribution in [0.5, 0.6) is 5.75 Å². The molecular weight excluding hydrogens is 284 g/mol.